The monoisotopic (exact) mass is 283 g/mol. The first kappa shape index (κ1) is 15.6. The van der Waals surface area contributed by atoms with Gasteiger partial charge >= 0.3 is 0 Å². The van der Waals surface area contributed by atoms with Crippen LogP contribution in [-0.2, 0) is 12.0 Å². The van der Waals surface area contributed by atoms with Crippen LogP contribution >= 0.6 is 0 Å². The molecule has 1 aromatic carbocycles. The molecule has 0 aliphatic heterocycles. The van der Waals surface area contributed by atoms with Crippen molar-refractivity contribution in [3.63, 3.8) is 0 Å². The zero-order chi connectivity index (χ0) is 15.3. The zero-order valence-corrected chi connectivity index (χ0v) is 13.4. The quantitative estimate of drug-likeness (QED) is 0.879. The van der Waals surface area contributed by atoms with Crippen molar-refractivity contribution in [1.82, 2.24) is 15.3 Å². The van der Waals surface area contributed by atoms with E-state index in [0.717, 1.165) is 24.4 Å². The molecule has 1 N–H and O–H groups in total. The normalized spacial score (nSPS) is 13.1. The van der Waals surface area contributed by atoms with Crippen LogP contribution in [0, 0.1) is 6.92 Å². The molecule has 0 bridgehead atoms. The number of aromatic nitrogens is 2. The summed E-state index contributed by atoms with van der Waals surface area (Å²) < 4.78 is 0. The molecule has 21 heavy (non-hydrogen) atoms. The summed E-state index contributed by atoms with van der Waals surface area (Å²) in [5, 5.41) is 3.54. The number of nitrogens with zero attached hydrogens (tertiary/aromatic N) is 2. The summed E-state index contributed by atoms with van der Waals surface area (Å²) >= 11 is 0. The molecule has 1 atom stereocenters. The summed E-state index contributed by atoms with van der Waals surface area (Å²) in [6.45, 7) is 9.54. The fourth-order valence-corrected chi connectivity index (χ4v) is 2.63. The molecule has 112 valence electrons. The van der Waals surface area contributed by atoms with E-state index in [1.54, 1.807) is 0 Å². The molecule has 0 radical (unpaired) electrons. The SMILES string of the molecule is Cc1cnc(CNC(C)CC(C)(C)c2ccccc2)cn1. The first-order chi connectivity index (χ1) is 9.97. The first-order valence-corrected chi connectivity index (χ1v) is 7.54. The van der Waals surface area contributed by atoms with Gasteiger partial charge in [-0.05, 0) is 31.2 Å². The minimum Gasteiger partial charge on any atom is -0.309 e. The van der Waals surface area contributed by atoms with E-state index in [2.05, 4.69) is 66.4 Å². The number of hydrogen-bond acceptors (Lipinski definition) is 3. The van der Waals surface area contributed by atoms with Crippen LogP contribution in [0.5, 0.6) is 0 Å². The van der Waals surface area contributed by atoms with Crippen LogP contribution in [0.25, 0.3) is 0 Å². The Balaban J connectivity index is 1.89. The molecular formula is C18H25N3. The lowest BCUT2D eigenvalue weighted by Gasteiger charge is -2.29. The molecule has 0 aliphatic rings. The summed E-state index contributed by atoms with van der Waals surface area (Å²) in [6, 6.07) is 11.1. The molecule has 2 rings (SSSR count). The van der Waals surface area contributed by atoms with E-state index in [0.29, 0.717) is 6.04 Å². The van der Waals surface area contributed by atoms with Gasteiger partial charge in [-0.1, -0.05) is 44.2 Å². The summed E-state index contributed by atoms with van der Waals surface area (Å²) in [4.78, 5) is 8.66. The van der Waals surface area contributed by atoms with Gasteiger partial charge in [0.2, 0.25) is 0 Å². The van der Waals surface area contributed by atoms with Gasteiger partial charge in [0.15, 0.2) is 0 Å². The topological polar surface area (TPSA) is 37.8 Å². The van der Waals surface area contributed by atoms with E-state index < -0.39 is 0 Å². The lowest BCUT2D eigenvalue weighted by Crippen LogP contribution is -2.33. The van der Waals surface area contributed by atoms with Gasteiger partial charge in [-0.15, -0.1) is 0 Å². The largest absolute Gasteiger partial charge is 0.309 e. The lowest BCUT2D eigenvalue weighted by atomic mass is 9.79. The molecule has 1 heterocycles. The number of benzene rings is 1. The number of hydrogen-bond donors (Lipinski definition) is 1. The van der Waals surface area contributed by atoms with Crippen molar-refractivity contribution in [1.29, 1.82) is 0 Å². The Hall–Kier alpha value is -1.74. The van der Waals surface area contributed by atoms with E-state index in [-0.39, 0.29) is 5.41 Å². The second-order valence-electron chi connectivity index (χ2n) is 6.39. The molecule has 1 unspecified atom stereocenters. The van der Waals surface area contributed by atoms with Gasteiger partial charge in [-0.3, -0.25) is 9.97 Å². The van der Waals surface area contributed by atoms with Crippen LogP contribution in [0.4, 0.5) is 0 Å². The molecule has 0 fully saturated rings. The van der Waals surface area contributed by atoms with E-state index in [9.17, 15) is 0 Å². The van der Waals surface area contributed by atoms with Crippen LogP contribution in [0.1, 0.15) is 44.1 Å². The lowest BCUT2D eigenvalue weighted by molar-refractivity contribution is 0.387. The van der Waals surface area contributed by atoms with Crippen LogP contribution in [0.15, 0.2) is 42.7 Å². The third kappa shape index (κ3) is 4.64. The van der Waals surface area contributed by atoms with Gasteiger partial charge in [0, 0.05) is 25.0 Å². The highest BCUT2D eigenvalue weighted by Crippen LogP contribution is 2.28. The molecule has 1 aromatic heterocycles. The Kier molecular flexibility index (Phi) is 5.07. The smallest absolute Gasteiger partial charge is 0.0724 e. The van der Waals surface area contributed by atoms with Gasteiger partial charge in [0.25, 0.3) is 0 Å². The van der Waals surface area contributed by atoms with Crippen molar-refractivity contribution < 1.29 is 0 Å². The fraction of sp³-hybridized carbons (Fsp3) is 0.444. The van der Waals surface area contributed by atoms with Crippen LogP contribution in [0.2, 0.25) is 0 Å². The molecule has 3 nitrogen and oxygen atoms in total. The van der Waals surface area contributed by atoms with Crippen molar-refractivity contribution in [3.05, 3.63) is 59.7 Å². The number of aryl methyl sites for hydroxylation is 1. The van der Waals surface area contributed by atoms with Crippen LogP contribution in [0.3, 0.4) is 0 Å². The molecule has 3 heteroatoms. The average Bonchev–Trinajstić information content (AvgIpc) is 2.47. The predicted molar refractivity (Wildman–Crippen MR) is 87.2 cm³/mol. The minimum absolute atomic E-state index is 0.159. The molecular weight excluding hydrogens is 258 g/mol. The molecule has 2 aromatic rings. The molecule has 0 saturated carbocycles. The Morgan fingerprint density at radius 1 is 1.10 bits per heavy atom. The maximum Gasteiger partial charge on any atom is 0.0724 e. The highest BCUT2D eigenvalue weighted by atomic mass is 14.9. The third-order valence-corrected chi connectivity index (χ3v) is 3.84. The predicted octanol–water partition coefficient (Wildman–Crippen LogP) is 3.63. The highest BCUT2D eigenvalue weighted by molar-refractivity contribution is 5.23. The Morgan fingerprint density at radius 3 is 2.43 bits per heavy atom. The maximum absolute atomic E-state index is 4.38. The van der Waals surface area contributed by atoms with Crippen molar-refractivity contribution in [3.8, 4) is 0 Å². The number of rotatable bonds is 6. The summed E-state index contributed by atoms with van der Waals surface area (Å²) in [7, 11) is 0. The van der Waals surface area contributed by atoms with Gasteiger partial charge in [-0.2, -0.15) is 0 Å². The molecule has 0 saturated heterocycles. The third-order valence-electron chi connectivity index (χ3n) is 3.84. The van der Waals surface area contributed by atoms with Crippen LogP contribution in [-0.4, -0.2) is 16.0 Å². The average molecular weight is 283 g/mol. The zero-order valence-electron chi connectivity index (χ0n) is 13.4. The van der Waals surface area contributed by atoms with Crippen LogP contribution < -0.4 is 5.32 Å². The highest BCUT2D eigenvalue weighted by Gasteiger charge is 2.22. The van der Waals surface area contributed by atoms with E-state index in [1.165, 1.54) is 5.56 Å². The fourth-order valence-electron chi connectivity index (χ4n) is 2.63. The van der Waals surface area contributed by atoms with Crippen molar-refractivity contribution in [2.24, 2.45) is 0 Å². The van der Waals surface area contributed by atoms with Gasteiger partial charge < -0.3 is 5.32 Å². The second-order valence-corrected chi connectivity index (χ2v) is 6.39. The Bertz CT molecular complexity index is 546. The van der Waals surface area contributed by atoms with Gasteiger partial charge in [0.1, 0.15) is 0 Å². The van der Waals surface area contributed by atoms with Crippen molar-refractivity contribution in [2.75, 3.05) is 0 Å². The summed E-state index contributed by atoms with van der Waals surface area (Å²) in [5.74, 6) is 0. The molecule has 0 aliphatic carbocycles. The van der Waals surface area contributed by atoms with E-state index in [4.69, 9.17) is 0 Å². The summed E-state index contributed by atoms with van der Waals surface area (Å²) in [6.07, 6.45) is 4.74. The molecule has 0 amide bonds. The Labute approximate surface area is 127 Å². The standard InChI is InChI=1S/C18H25N3/c1-14(19-12-17-13-20-15(2)11-21-17)10-18(3,4)16-8-6-5-7-9-16/h5-9,11,13-14,19H,10,12H2,1-4H3. The van der Waals surface area contributed by atoms with Gasteiger partial charge in [-0.25, -0.2) is 0 Å². The first-order valence-electron chi connectivity index (χ1n) is 7.54. The van der Waals surface area contributed by atoms with Gasteiger partial charge in [0.05, 0.1) is 11.4 Å². The molecule has 0 spiro atoms. The summed E-state index contributed by atoms with van der Waals surface area (Å²) in [5.41, 5.74) is 3.49. The number of nitrogens with one attached hydrogen (secondary N) is 1. The Morgan fingerprint density at radius 2 is 1.81 bits per heavy atom. The maximum atomic E-state index is 4.38. The van der Waals surface area contributed by atoms with E-state index >= 15 is 0 Å². The minimum atomic E-state index is 0.159. The van der Waals surface area contributed by atoms with Crippen molar-refractivity contribution in [2.45, 2.75) is 52.1 Å². The second kappa shape index (κ2) is 6.81. The van der Waals surface area contributed by atoms with E-state index in [1.807, 2.05) is 19.3 Å². The van der Waals surface area contributed by atoms with Crippen molar-refractivity contribution >= 4 is 0 Å².